The molecule has 0 atom stereocenters. The van der Waals surface area contributed by atoms with Gasteiger partial charge in [-0.3, -0.25) is 0 Å². The summed E-state index contributed by atoms with van der Waals surface area (Å²) in [5, 5.41) is 3.90. The Bertz CT molecular complexity index is 654. The lowest BCUT2D eigenvalue weighted by atomic mass is 10.1. The van der Waals surface area contributed by atoms with Crippen LogP contribution in [-0.4, -0.2) is 20.1 Å². The number of nitrogens with zero attached hydrogens (tertiary/aromatic N) is 1. The Labute approximate surface area is 143 Å². The van der Waals surface area contributed by atoms with Crippen molar-refractivity contribution in [1.82, 2.24) is 5.32 Å². The first kappa shape index (κ1) is 16.2. The molecule has 2 aromatic carbocycles. The summed E-state index contributed by atoms with van der Waals surface area (Å²) >= 11 is 6.24. The van der Waals surface area contributed by atoms with Gasteiger partial charge in [-0.1, -0.05) is 29.8 Å². The summed E-state index contributed by atoms with van der Waals surface area (Å²) in [5.41, 5.74) is 2.46. The fraction of sp³-hybridized carbons (Fsp3) is 0.368. The van der Waals surface area contributed by atoms with E-state index >= 15 is 0 Å². The van der Waals surface area contributed by atoms with E-state index in [2.05, 4.69) is 22.3 Å². The second-order valence-electron chi connectivity index (χ2n) is 5.86. The van der Waals surface area contributed by atoms with Gasteiger partial charge in [0.2, 0.25) is 0 Å². The van der Waals surface area contributed by atoms with Crippen LogP contribution in [0.25, 0.3) is 0 Å². The minimum atomic E-state index is 0.631. The molecule has 3 nitrogen and oxygen atoms in total. The maximum Gasteiger partial charge on any atom is 0.146 e. The number of benzene rings is 2. The van der Waals surface area contributed by atoms with Gasteiger partial charge >= 0.3 is 0 Å². The van der Waals surface area contributed by atoms with Gasteiger partial charge in [-0.05, 0) is 50.6 Å². The topological polar surface area (TPSA) is 24.5 Å². The zero-order valence-corrected chi connectivity index (χ0v) is 14.3. The van der Waals surface area contributed by atoms with Crippen molar-refractivity contribution >= 4 is 17.3 Å². The monoisotopic (exact) mass is 330 g/mol. The third kappa shape index (κ3) is 3.80. The van der Waals surface area contributed by atoms with Crippen LogP contribution < -0.4 is 15.0 Å². The van der Waals surface area contributed by atoms with Crippen molar-refractivity contribution in [3.05, 3.63) is 53.1 Å². The molecule has 1 aliphatic heterocycles. The van der Waals surface area contributed by atoms with Crippen LogP contribution in [0.15, 0.2) is 42.5 Å². The predicted molar refractivity (Wildman–Crippen MR) is 96.8 cm³/mol. The van der Waals surface area contributed by atoms with Crippen molar-refractivity contribution in [2.24, 2.45) is 0 Å². The van der Waals surface area contributed by atoms with Gasteiger partial charge in [-0.15, -0.1) is 0 Å². The molecule has 122 valence electrons. The van der Waals surface area contributed by atoms with Gasteiger partial charge < -0.3 is 15.0 Å². The van der Waals surface area contributed by atoms with Crippen LogP contribution >= 0.6 is 11.6 Å². The molecule has 1 fully saturated rings. The summed E-state index contributed by atoms with van der Waals surface area (Å²) in [4.78, 5) is 2.47. The lowest BCUT2D eigenvalue weighted by molar-refractivity contribution is 0.473. The number of para-hydroxylation sites is 1. The summed E-state index contributed by atoms with van der Waals surface area (Å²) in [6.07, 6.45) is 3.84. The number of rotatable bonds is 5. The van der Waals surface area contributed by atoms with E-state index in [4.69, 9.17) is 16.3 Å². The number of hydrogen-bond donors (Lipinski definition) is 1. The van der Waals surface area contributed by atoms with Crippen molar-refractivity contribution < 1.29 is 4.74 Å². The summed E-state index contributed by atoms with van der Waals surface area (Å²) in [6.45, 7) is 3.00. The Morgan fingerprint density at radius 2 is 1.74 bits per heavy atom. The maximum absolute atomic E-state index is 6.24. The van der Waals surface area contributed by atoms with E-state index in [1.165, 1.54) is 30.5 Å². The van der Waals surface area contributed by atoms with E-state index in [9.17, 15) is 0 Å². The number of anilines is 1. The molecular weight excluding hydrogens is 308 g/mol. The molecule has 1 heterocycles. The van der Waals surface area contributed by atoms with Gasteiger partial charge in [0.25, 0.3) is 0 Å². The van der Waals surface area contributed by atoms with E-state index in [1.807, 2.05) is 37.4 Å². The third-order valence-corrected chi connectivity index (χ3v) is 4.53. The summed E-state index contributed by atoms with van der Waals surface area (Å²) < 4.78 is 6.13. The summed E-state index contributed by atoms with van der Waals surface area (Å²) in [6, 6.07) is 13.9. The Hall–Kier alpha value is -1.71. The molecule has 0 saturated carbocycles. The highest BCUT2D eigenvalue weighted by molar-refractivity contribution is 6.32. The molecule has 1 N–H and O–H groups in total. The highest BCUT2D eigenvalue weighted by Crippen LogP contribution is 2.36. The SMILES string of the molecule is CNCc1c(Oc2ccccc2Cl)cccc1N1CCCCC1. The third-order valence-electron chi connectivity index (χ3n) is 4.22. The quantitative estimate of drug-likeness (QED) is 0.848. The van der Waals surface area contributed by atoms with E-state index in [0.717, 1.165) is 25.4 Å². The second-order valence-corrected chi connectivity index (χ2v) is 6.27. The normalized spacial score (nSPS) is 14.8. The van der Waals surface area contributed by atoms with E-state index in [0.29, 0.717) is 10.8 Å². The molecule has 1 saturated heterocycles. The van der Waals surface area contributed by atoms with Crippen LogP contribution in [-0.2, 0) is 6.54 Å². The number of hydrogen-bond acceptors (Lipinski definition) is 3. The van der Waals surface area contributed by atoms with Crippen LogP contribution in [0.4, 0.5) is 5.69 Å². The number of piperidine rings is 1. The molecule has 0 unspecified atom stereocenters. The highest BCUT2D eigenvalue weighted by atomic mass is 35.5. The molecule has 23 heavy (non-hydrogen) atoms. The zero-order valence-electron chi connectivity index (χ0n) is 13.5. The fourth-order valence-electron chi connectivity index (χ4n) is 3.08. The van der Waals surface area contributed by atoms with Crippen molar-refractivity contribution in [2.45, 2.75) is 25.8 Å². The van der Waals surface area contributed by atoms with Gasteiger partial charge in [0, 0.05) is 30.9 Å². The highest BCUT2D eigenvalue weighted by Gasteiger charge is 2.18. The van der Waals surface area contributed by atoms with Crippen molar-refractivity contribution in [3.63, 3.8) is 0 Å². The van der Waals surface area contributed by atoms with Crippen LogP contribution in [0.1, 0.15) is 24.8 Å². The van der Waals surface area contributed by atoms with Crippen molar-refractivity contribution in [2.75, 3.05) is 25.0 Å². The maximum atomic E-state index is 6.24. The molecule has 0 spiro atoms. The molecule has 0 aliphatic carbocycles. The predicted octanol–water partition coefficient (Wildman–Crippen LogP) is 4.84. The number of halogens is 1. The van der Waals surface area contributed by atoms with E-state index in [-0.39, 0.29) is 0 Å². The molecular formula is C19H23ClN2O. The van der Waals surface area contributed by atoms with Crippen molar-refractivity contribution in [1.29, 1.82) is 0 Å². The average Bonchev–Trinajstić information content (AvgIpc) is 2.59. The Morgan fingerprint density at radius 3 is 2.48 bits per heavy atom. The number of nitrogens with one attached hydrogen (secondary N) is 1. The Morgan fingerprint density at radius 1 is 1.00 bits per heavy atom. The molecule has 4 heteroatoms. The zero-order chi connectivity index (χ0) is 16.1. The molecule has 0 radical (unpaired) electrons. The summed E-state index contributed by atoms with van der Waals surface area (Å²) in [7, 11) is 1.96. The smallest absolute Gasteiger partial charge is 0.146 e. The molecule has 1 aliphatic rings. The van der Waals surface area contributed by atoms with Gasteiger partial charge in [-0.25, -0.2) is 0 Å². The first-order chi connectivity index (χ1) is 11.3. The van der Waals surface area contributed by atoms with Gasteiger partial charge in [-0.2, -0.15) is 0 Å². The molecule has 0 aromatic heterocycles. The Balaban J connectivity index is 1.94. The first-order valence-corrected chi connectivity index (χ1v) is 8.61. The molecule has 2 aromatic rings. The molecule has 3 rings (SSSR count). The van der Waals surface area contributed by atoms with Crippen molar-refractivity contribution in [3.8, 4) is 11.5 Å². The molecule has 0 bridgehead atoms. The van der Waals surface area contributed by atoms with E-state index in [1.54, 1.807) is 0 Å². The van der Waals surface area contributed by atoms with E-state index < -0.39 is 0 Å². The van der Waals surface area contributed by atoms with Gasteiger partial charge in [0.05, 0.1) is 5.02 Å². The lowest BCUT2D eigenvalue weighted by Crippen LogP contribution is -2.30. The average molecular weight is 331 g/mol. The lowest BCUT2D eigenvalue weighted by Gasteiger charge is -2.31. The minimum absolute atomic E-state index is 0.631. The van der Waals surface area contributed by atoms with Crippen LogP contribution in [0.2, 0.25) is 5.02 Å². The molecule has 0 amide bonds. The van der Waals surface area contributed by atoms with Crippen LogP contribution in [0.5, 0.6) is 11.5 Å². The number of ether oxygens (including phenoxy) is 1. The standard InChI is InChI=1S/C19H23ClN2O/c1-21-14-15-17(22-12-5-2-6-13-22)9-7-11-18(15)23-19-10-4-3-8-16(19)20/h3-4,7-11,21H,2,5-6,12-14H2,1H3. The van der Waals surface area contributed by atoms with Crippen LogP contribution in [0, 0.1) is 0 Å². The minimum Gasteiger partial charge on any atom is -0.455 e. The van der Waals surface area contributed by atoms with Crippen LogP contribution in [0.3, 0.4) is 0 Å². The summed E-state index contributed by atoms with van der Waals surface area (Å²) in [5.74, 6) is 1.57. The van der Waals surface area contributed by atoms with Gasteiger partial charge in [0.15, 0.2) is 0 Å². The first-order valence-electron chi connectivity index (χ1n) is 8.23. The Kier molecular flexibility index (Phi) is 5.42. The van der Waals surface area contributed by atoms with Gasteiger partial charge in [0.1, 0.15) is 11.5 Å². The fourth-order valence-corrected chi connectivity index (χ4v) is 3.26. The largest absolute Gasteiger partial charge is 0.455 e. The second kappa shape index (κ2) is 7.71.